The molecular weight excluding hydrogens is 351 g/mol. The van der Waals surface area contributed by atoms with E-state index in [9.17, 15) is 0 Å². The minimum absolute atomic E-state index is 0. The van der Waals surface area contributed by atoms with Crippen molar-refractivity contribution in [1.82, 2.24) is 0 Å². The van der Waals surface area contributed by atoms with Gasteiger partial charge in [-0.2, -0.15) is 0 Å². The maximum atomic E-state index is 0. The Morgan fingerprint density at radius 2 is 1.00 bits per heavy atom. The summed E-state index contributed by atoms with van der Waals surface area (Å²) in [6.45, 7) is 0. The first-order valence-corrected chi connectivity index (χ1v) is 0. The van der Waals surface area contributed by atoms with E-state index in [1.54, 1.807) is 0 Å². The third kappa shape index (κ3) is 44.1. The van der Waals surface area contributed by atoms with Gasteiger partial charge in [0.2, 0.25) is 0 Å². The fraction of sp³-hybridized carbons (Fsp3) is 0. The summed E-state index contributed by atoms with van der Waals surface area (Å²) in [4.78, 5) is 0. The van der Waals surface area contributed by atoms with E-state index in [0.29, 0.717) is 0 Å². The van der Waals surface area contributed by atoms with Crippen molar-refractivity contribution in [1.29, 1.82) is 0 Å². The molecule has 0 amide bonds. The second-order valence-electron chi connectivity index (χ2n) is 0. The molecule has 7 heavy (non-hydrogen) atoms. The number of hydrogen-bond donors (Lipinski definition) is 0. The van der Waals surface area contributed by atoms with E-state index in [1.807, 2.05) is 0 Å². The third-order valence-corrected chi connectivity index (χ3v) is 0. The zero-order chi connectivity index (χ0) is 0. The first kappa shape index (κ1) is 78.4. The Morgan fingerprint density at radius 1 is 1.00 bits per heavy atom. The molecule has 50 valence electrons. The summed E-state index contributed by atoms with van der Waals surface area (Å²) >= 11 is 0. The van der Waals surface area contributed by atoms with E-state index in [1.165, 1.54) is 0 Å². The largest absolute Gasteiger partial charge is 0.187 e. The van der Waals surface area contributed by atoms with Crippen LogP contribution in [0.1, 0.15) is 0 Å². The molecule has 0 N–H and O–H groups in total. The Balaban J connectivity index is 0. The smallest absolute Gasteiger partial charge is 0.0149 e. The van der Waals surface area contributed by atoms with Crippen LogP contribution in [0.15, 0.2) is 0 Å². The predicted molar refractivity (Wildman–Crippen MR) is 21.3 cm³/mol. The monoisotopic (exact) mass is 356 g/mol. The first-order chi connectivity index (χ1) is 0. The van der Waals surface area contributed by atoms with Gasteiger partial charge in [0.1, 0.15) is 0 Å². The van der Waals surface area contributed by atoms with Crippen LogP contribution in [-0.2, 0) is 87.8 Å². The van der Waals surface area contributed by atoms with Gasteiger partial charge < -0.3 is 0 Å². The van der Waals surface area contributed by atoms with Gasteiger partial charge in [-0.1, -0.05) is 0 Å². The van der Waals surface area contributed by atoms with E-state index >= 15 is 0 Å². The SMILES string of the molecule is [AlH3].[Co].[Cr].[Cu].[Fe].[SiH4].[Zn]. The van der Waals surface area contributed by atoms with E-state index in [2.05, 4.69) is 0 Å². The van der Waals surface area contributed by atoms with Crippen molar-refractivity contribution in [2.24, 2.45) is 0 Å². The van der Waals surface area contributed by atoms with Crippen LogP contribution in [0.4, 0.5) is 0 Å². The zero-order valence-electron chi connectivity index (χ0n) is 2.10. The van der Waals surface area contributed by atoms with Crippen LogP contribution < -0.4 is 0 Å². The molecular formula is H7AlCoCrCuFeSiZn. The van der Waals surface area contributed by atoms with E-state index < -0.39 is 0 Å². The van der Waals surface area contributed by atoms with Crippen LogP contribution in [0.5, 0.6) is 0 Å². The molecule has 0 aromatic heterocycles. The van der Waals surface area contributed by atoms with Gasteiger partial charge in [0, 0.05) is 87.8 Å². The molecule has 0 spiro atoms. The Hall–Kier alpha value is 3.45. The van der Waals surface area contributed by atoms with Gasteiger partial charge in [0.05, 0.1) is 0 Å². The fourth-order valence-electron chi connectivity index (χ4n) is 0. The van der Waals surface area contributed by atoms with Crippen LogP contribution in [0.2, 0.25) is 0 Å². The van der Waals surface area contributed by atoms with Crippen LogP contribution in [0, 0.1) is 0 Å². The van der Waals surface area contributed by atoms with Gasteiger partial charge in [0.25, 0.3) is 0 Å². The molecule has 0 aromatic carbocycles. The maximum absolute atomic E-state index is 0. The molecule has 0 aliphatic carbocycles. The summed E-state index contributed by atoms with van der Waals surface area (Å²) in [5.74, 6) is 0. The van der Waals surface area contributed by atoms with Gasteiger partial charge in [-0.15, -0.1) is 0 Å². The van der Waals surface area contributed by atoms with Gasteiger partial charge in [-0.05, 0) is 11.0 Å². The quantitative estimate of drug-likeness (QED) is 0.416. The minimum atomic E-state index is 0. The van der Waals surface area contributed by atoms with Crippen molar-refractivity contribution in [2.75, 3.05) is 0 Å². The zero-order valence-corrected chi connectivity index (χ0v) is 9.43. The summed E-state index contributed by atoms with van der Waals surface area (Å²) < 4.78 is 0. The standard InChI is InChI=1S/Al.Co.Cr.Cu.Fe.H4Si.Zn.3H/h;;;;;1H4;;;;. The minimum Gasteiger partial charge on any atom is -0.0149 e. The van der Waals surface area contributed by atoms with E-state index in [0.717, 1.165) is 0 Å². The van der Waals surface area contributed by atoms with Gasteiger partial charge in [-0.3, -0.25) is 0 Å². The molecule has 0 atom stereocenters. The van der Waals surface area contributed by atoms with Crippen LogP contribution in [-0.4, -0.2) is 28.3 Å². The van der Waals surface area contributed by atoms with Crippen molar-refractivity contribution in [3.05, 3.63) is 0 Å². The molecule has 0 fully saturated rings. The molecule has 0 unspecified atom stereocenters. The van der Waals surface area contributed by atoms with Gasteiger partial charge in [-0.25, -0.2) is 0 Å². The molecule has 0 aromatic rings. The Morgan fingerprint density at radius 3 is 1.00 bits per heavy atom. The molecule has 0 bridgehead atoms. The predicted octanol–water partition coefficient (Wildman–Crippen LogP) is -2.65. The molecule has 7 heteroatoms. The van der Waals surface area contributed by atoms with E-state index in [4.69, 9.17) is 0 Å². The summed E-state index contributed by atoms with van der Waals surface area (Å²) in [6.07, 6.45) is 0. The van der Waals surface area contributed by atoms with Gasteiger partial charge >= 0.3 is 0 Å². The third-order valence-electron chi connectivity index (χ3n) is 0. The van der Waals surface area contributed by atoms with Crippen LogP contribution >= 0.6 is 0 Å². The summed E-state index contributed by atoms with van der Waals surface area (Å²) in [6, 6.07) is 0. The second-order valence-corrected chi connectivity index (χ2v) is 0. The second kappa shape index (κ2) is 56.7. The molecule has 0 aliphatic rings. The summed E-state index contributed by atoms with van der Waals surface area (Å²) in [5.41, 5.74) is 0. The topological polar surface area (TPSA) is 0 Å². The van der Waals surface area contributed by atoms with Gasteiger partial charge in [0.15, 0.2) is 17.4 Å². The molecule has 0 rings (SSSR count). The molecule has 0 aliphatic heterocycles. The fourth-order valence-corrected chi connectivity index (χ4v) is 0. The number of hydrogen-bond acceptors (Lipinski definition) is 0. The first-order valence-electron chi connectivity index (χ1n) is 0. The molecule has 0 heterocycles. The Labute approximate surface area is 114 Å². The van der Waals surface area contributed by atoms with Crippen molar-refractivity contribution in [3.63, 3.8) is 0 Å². The van der Waals surface area contributed by atoms with Crippen LogP contribution in [0.3, 0.4) is 0 Å². The molecule has 0 nitrogen and oxygen atoms in total. The summed E-state index contributed by atoms with van der Waals surface area (Å²) in [7, 11) is 0. The van der Waals surface area contributed by atoms with Crippen molar-refractivity contribution in [2.45, 2.75) is 0 Å². The normalized spacial score (nSPS) is 0. The van der Waals surface area contributed by atoms with Crippen molar-refractivity contribution in [3.8, 4) is 0 Å². The van der Waals surface area contributed by atoms with Crippen LogP contribution in [0.25, 0.3) is 0 Å². The number of rotatable bonds is 0. The molecule has 2 radical (unpaired) electrons. The Kier molecular flexibility index (Phi) is 635. The van der Waals surface area contributed by atoms with E-state index in [-0.39, 0.29) is 116 Å². The average molecular weight is 358 g/mol. The Bertz CT molecular complexity index is 19.7. The van der Waals surface area contributed by atoms with Crippen molar-refractivity contribution >= 4 is 28.3 Å². The van der Waals surface area contributed by atoms with Crippen molar-refractivity contribution < 1.29 is 87.8 Å². The average Bonchev–Trinajstić information content (AvgIpc) is 0. The molecule has 0 saturated heterocycles. The molecule has 0 saturated carbocycles. The summed E-state index contributed by atoms with van der Waals surface area (Å²) in [5, 5.41) is 0. The maximum Gasteiger partial charge on any atom is 0.187 e.